The number of benzene rings is 3. The first kappa shape index (κ1) is 24.2. The fraction of sp³-hybridized carbons (Fsp3) is 0.136. The average molecular weight is 482 g/mol. The van der Waals surface area contributed by atoms with Crippen LogP contribution in [0.2, 0.25) is 0 Å². The summed E-state index contributed by atoms with van der Waals surface area (Å²) in [5, 5.41) is 0. The van der Waals surface area contributed by atoms with Crippen LogP contribution in [0, 0.1) is 14.4 Å². The van der Waals surface area contributed by atoms with Gasteiger partial charge < -0.3 is 17.9 Å². The zero-order chi connectivity index (χ0) is 18.6. The molecular formula is C22H24N2O2RuS. The Morgan fingerprint density at radius 1 is 0.786 bits per heavy atom. The van der Waals surface area contributed by atoms with Crippen LogP contribution in [0.3, 0.4) is 0 Å². The van der Waals surface area contributed by atoms with Crippen LogP contribution in [-0.4, -0.2) is 8.42 Å². The van der Waals surface area contributed by atoms with Gasteiger partial charge in [0.25, 0.3) is 0 Å². The molecule has 3 aromatic carbocycles. The standard InChI is InChI=1S/C21H20N2O2S.CH3.Ru.H/c1-16-12-14-19(15-13-16)26(24,25)23-21(18-10-6-3-7-11-18)20(22)17-8-4-2-5-9-17;;;/h2-15,20-22H,1H3;1H3;;/q-2;-1;+3;/t20-,21-;;;/m0.../s1. The van der Waals surface area contributed by atoms with Crippen LogP contribution in [0.4, 0.5) is 0 Å². The van der Waals surface area contributed by atoms with E-state index in [0.717, 1.165) is 11.1 Å². The molecule has 3 rings (SSSR count). The van der Waals surface area contributed by atoms with Gasteiger partial charge in [0, 0.05) is 4.90 Å². The summed E-state index contributed by atoms with van der Waals surface area (Å²) in [6, 6.07) is 23.3. The summed E-state index contributed by atoms with van der Waals surface area (Å²) in [4.78, 5) is 0.143. The molecule has 2 atom stereocenters. The minimum absolute atomic E-state index is 0. The van der Waals surface area contributed by atoms with Gasteiger partial charge in [0.1, 0.15) is 10.0 Å². The molecule has 0 bridgehead atoms. The van der Waals surface area contributed by atoms with Gasteiger partial charge in [0.2, 0.25) is 0 Å². The summed E-state index contributed by atoms with van der Waals surface area (Å²) in [7, 11) is -3.87. The molecule has 0 fully saturated rings. The molecule has 3 aromatic rings. The Morgan fingerprint density at radius 2 is 1.25 bits per heavy atom. The van der Waals surface area contributed by atoms with Gasteiger partial charge in [0.05, 0.1) is 0 Å². The normalized spacial score (nSPS) is 12.9. The van der Waals surface area contributed by atoms with Crippen LogP contribution in [0.25, 0.3) is 10.5 Å². The van der Waals surface area contributed by atoms with E-state index in [4.69, 9.17) is 5.73 Å². The third kappa shape index (κ3) is 5.82. The molecule has 0 aliphatic heterocycles. The molecule has 0 saturated heterocycles. The Bertz CT molecular complexity index is 947. The molecule has 0 aliphatic rings. The van der Waals surface area contributed by atoms with E-state index < -0.39 is 22.1 Å². The van der Waals surface area contributed by atoms with E-state index in [0.29, 0.717) is 5.56 Å². The molecule has 0 amide bonds. The van der Waals surface area contributed by atoms with E-state index in [2.05, 4.69) is 4.72 Å². The second kappa shape index (κ2) is 10.6. The second-order valence-corrected chi connectivity index (χ2v) is 7.77. The molecular weight excluding hydrogens is 457 g/mol. The van der Waals surface area contributed by atoms with Crippen molar-refractivity contribution in [3.63, 3.8) is 0 Å². The first-order valence-electron chi connectivity index (χ1n) is 8.32. The van der Waals surface area contributed by atoms with Gasteiger partial charge in [-0.15, -0.1) is 12.1 Å². The van der Waals surface area contributed by atoms with Gasteiger partial charge in [-0.3, -0.25) is 0 Å². The molecule has 0 unspecified atom stereocenters. The number of nitrogens with one attached hydrogen (secondary N) is 1. The molecule has 4 nitrogen and oxygen atoms in total. The molecule has 6 heteroatoms. The zero-order valence-electron chi connectivity index (χ0n) is 15.8. The predicted octanol–water partition coefficient (Wildman–Crippen LogP) is 5.77. The third-order valence-corrected chi connectivity index (χ3v) is 5.56. The van der Waals surface area contributed by atoms with Crippen LogP contribution in [0.5, 0.6) is 0 Å². The Balaban J connectivity index is 0.00000196. The molecule has 148 valence electrons. The average Bonchev–Trinajstić information content (AvgIpc) is 2.67. The Kier molecular flexibility index (Phi) is 9.18. The van der Waals surface area contributed by atoms with Crippen molar-refractivity contribution in [3.8, 4) is 0 Å². The maximum atomic E-state index is 12.8. The number of hydrogen-bond donors (Lipinski definition) is 0. The number of sulfonamides is 1. The molecule has 1 N–H and O–H groups in total. The van der Waals surface area contributed by atoms with Crippen molar-refractivity contribution in [2.24, 2.45) is 0 Å². The van der Waals surface area contributed by atoms with E-state index in [9.17, 15) is 8.42 Å². The minimum atomic E-state index is -3.87. The molecule has 28 heavy (non-hydrogen) atoms. The molecule has 0 saturated carbocycles. The van der Waals surface area contributed by atoms with Gasteiger partial charge >= 0.3 is 19.5 Å². The summed E-state index contributed by atoms with van der Waals surface area (Å²) in [6.45, 7) is 1.90. The monoisotopic (exact) mass is 482 g/mol. The summed E-state index contributed by atoms with van der Waals surface area (Å²) in [6.07, 6.45) is 0. The fourth-order valence-electron chi connectivity index (χ4n) is 2.73. The van der Waals surface area contributed by atoms with E-state index in [1.165, 1.54) is 0 Å². The molecule has 0 heterocycles. The zero-order valence-corrected chi connectivity index (χ0v) is 18.5. The Hall–Kier alpha value is -1.85. The maximum absolute atomic E-state index is 12.8. The van der Waals surface area contributed by atoms with Gasteiger partial charge in [-0.25, -0.2) is 8.42 Å². The van der Waals surface area contributed by atoms with Crippen LogP contribution in [-0.2, 0) is 29.5 Å². The van der Waals surface area contributed by atoms with E-state index in [-0.39, 0.29) is 31.8 Å². The van der Waals surface area contributed by atoms with Crippen molar-refractivity contribution < 1.29 is 27.9 Å². The number of rotatable bonds is 6. The van der Waals surface area contributed by atoms with E-state index >= 15 is 0 Å². The molecule has 1 radical (unpaired) electrons. The second-order valence-electron chi connectivity index (χ2n) is 6.14. The molecule has 0 spiro atoms. The van der Waals surface area contributed by atoms with Crippen LogP contribution in [0.1, 0.15) is 28.8 Å². The SMILES string of the molecule is Cc1ccc(S(=O)(=O)[N-][C@@H](c2ccccc2)[C@@H]([NH-])c2ccccc2)cc1.[CH3-].[RuH+3]. The topological polar surface area (TPSA) is 72.0 Å². The van der Waals surface area contributed by atoms with Crippen molar-refractivity contribution in [2.45, 2.75) is 23.9 Å². The Labute approximate surface area is 181 Å². The van der Waals surface area contributed by atoms with Crippen molar-refractivity contribution in [2.75, 3.05) is 0 Å². The van der Waals surface area contributed by atoms with Crippen molar-refractivity contribution in [1.29, 1.82) is 0 Å². The summed E-state index contributed by atoms with van der Waals surface area (Å²) < 4.78 is 29.8. The van der Waals surface area contributed by atoms with Crippen molar-refractivity contribution in [1.82, 2.24) is 0 Å². The summed E-state index contributed by atoms with van der Waals surface area (Å²) >= 11 is 0. The van der Waals surface area contributed by atoms with Crippen LogP contribution in [0.15, 0.2) is 89.8 Å². The van der Waals surface area contributed by atoms with Gasteiger partial charge in [0.15, 0.2) is 0 Å². The Morgan fingerprint density at radius 3 is 1.75 bits per heavy atom. The first-order chi connectivity index (χ1) is 12.5. The van der Waals surface area contributed by atoms with E-state index in [1.54, 1.807) is 24.3 Å². The first-order valence-corrected chi connectivity index (χ1v) is 9.76. The summed E-state index contributed by atoms with van der Waals surface area (Å²) in [5.74, 6) is 0. The van der Waals surface area contributed by atoms with Gasteiger partial charge in [-0.05, 0) is 19.1 Å². The van der Waals surface area contributed by atoms with Gasteiger partial charge in [-0.2, -0.15) is 0 Å². The number of hydrogen-bond acceptors (Lipinski definition) is 2. The predicted molar refractivity (Wildman–Crippen MR) is 112 cm³/mol. The van der Waals surface area contributed by atoms with E-state index in [1.807, 2.05) is 67.6 Å². The van der Waals surface area contributed by atoms with Crippen molar-refractivity contribution >= 4 is 10.0 Å². The van der Waals surface area contributed by atoms with Gasteiger partial charge in [-0.1, -0.05) is 89.5 Å². The fourth-order valence-corrected chi connectivity index (χ4v) is 3.87. The molecule has 0 aromatic heterocycles. The van der Waals surface area contributed by atoms with Crippen LogP contribution < -0.4 is 0 Å². The van der Waals surface area contributed by atoms with Crippen molar-refractivity contribution in [3.05, 3.63) is 120 Å². The van der Waals surface area contributed by atoms with Crippen LogP contribution >= 0.6 is 0 Å². The summed E-state index contributed by atoms with van der Waals surface area (Å²) in [5.41, 5.74) is 11.0. The number of aryl methyl sites for hydroxylation is 1. The third-order valence-electron chi connectivity index (χ3n) is 4.19. The number of nitrogens with zero attached hydrogens (tertiary/aromatic N) is 1. The molecule has 0 aliphatic carbocycles. The quantitative estimate of drug-likeness (QED) is 0.331.